The van der Waals surface area contributed by atoms with Crippen LogP contribution in [0.2, 0.25) is 0 Å². The van der Waals surface area contributed by atoms with Crippen LogP contribution in [0.1, 0.15) is 44.0 Å². The molecule has 2 heterocycles. The molecule has 2 aliphatic rings. The molecule has 1 aliphatic carbocycles. The largest absolute Gasteiger partial charge is 0.394 e. The van der Waals surface area contributed by atoms with Crippen LogP contribution < -0.4 is 0 Å². The van der Waals surface area contributed by atoms with Gasteiger partial charge in [-0.15, -0.1) is 5.10 Å². The first-order chi connectivity index (χ1) is 11.1. The first-order valence-electron chi connectivity index (χ1n) is 8.31. The molecule has 4 N–H and O–H groups in total. The minimum atomic E-state index is -1.41. The molecular weight excluding hydrogens is 302 g/mol. The molecule has 3 rings (SSSR count). The number of aromatic nitrogens is 3. The maximum absolute atomic E-state index is 10.1. The Bertz CT molecular complexity index is 503. The number of hydrogen-bond donors (Lipinski definition) is 4. The Morgan fingerprint density at radius 3 is 2.52 bits per heavy atom. The Morgan fingerprint density at radius 1 is 1.09 bits per heavy atom. The third-order valence-electron chi connectivity index (χ3n) is 4.91. The fourth-order valence-corrected chi connectivity index (χ4v) is 3.52. The summed E-state index contributed by atoms with van der Waals surface area (Å²) in [5, 5.41) is 47.1. The Hall–Kier alpha value is -1.06. The van der Waals surface area contributed by atoms with E-state index in [1.165, 1.54) is 36.8 Å². The Kier molecular flexibility index (Phi) is 5.27. The van der Waals surface area contributed by atoms with E-state index in [2.05, 4.69) is 10.3 Å². The van der Waals surface area contributed by atoms with Gasteiger partial charge in [0.05, 0.1) is 18.5 Å². The van der Waals surface area contributed by atoms with Crippen LogP contribution in [-0.4, -0.2) is 66.4 Å². The molecule has 5 atom stereocenters. The summed E-state index contributed by atoms with van der Waals surface area (Å²) in [5.74, 6) is 0.615. The SMILES string of the molecule is OC[C@H]1OC(n2cc(CC3CCCCC3)nn2)[C@H](O)[C@@H](O)[C@@H]1O. The van der Waals surface area contributed by atoms with E-state index < -0.39 is 37.3 Å². The lowest BCUT2D eigenvalue weighted by Gasteiger charge is -2.39. The minimum Gasteiger partial charge on any atom is -0.394 e. The monoisotopic (exact) mass is 327 g/mol. The molecule has 130 valence electrons. The molecule has 8 nitrogen and oxygen atoms in total. The molecule has 2 fully saturated rings. The van der Waals surface area contributed by atoms with Crippen LogP contribution in [0.15, 0.2) is 6.20 Å². The van der Waals surface area contributed by atoms with Crippen molar-refractivity contribution in [3.63, 3.8) is 0 Å². The molecule has 0 amide bonds. The van der Waals surface area contributed by atoms with E-state index in [1.807, 2.05) is 0 Å². The average Bonchev–Trinajstić information content (AvgIpc) is 3.02. The molecule has 8 heteroatoms. The van der Waals surface area contributed by atoms with Gasteiger partial charge < -0.3 is 25.2 Å². The van der Waals surface area contributed by atoms with Gasteiger partial charge in [0, 0.05) is 0 Å². The summed E-state index contributed by atoms with van der Waals surface area (Å²) in [7, 11) is 0. The van der Waals surface area contributed by atoms with E-state index >= 15 is 0 Å². The van der Waals surface area contributed by atoms with E-state index in [0.717, 1.165) is 12.1 Å². The van der Waals surface area contributed by atoms with E-state index in [1.54, 1.807) is 6.20 Å². The number of aliphatic hydroxyl groups excluding tert-OH is 4. The highest BCUT2D eigenvalue weighted by molar-refractivity contribution is 4.98. The molecule has 1 saturated carbocycles. The summed E-state index contributed by atoms with van der Waals surface area (Å²) in [6, 6.07) is 0. The normalized spacial score (nSPS) is 36.3. The maximum atomic E-state index is 10.1. The summed E-state index contributed by atoms with van der Waals surface area (Å²) < 4.78 is 6.83. The van der Waals surface area contributed by atoms with Crippen molar-refractivity contribution in [1.82, 2.24) is 15.0 Å². The highest BCUT2D eigenvalue weighted by atomic mass is 16.6. The number of hydrogen-bond acceptors (Lipinski definition) is 7. The van der Waals surface area contributed by atoms with Gasteiger partial charge in [-0.2, -0.15) is 0 Å². The van der Waals surface area contributed by atoms with Crippen LogP contribution in [0.4, 0.5) is 0 Å². The van der Waals surface area contributed by atoms with E-state index in [9.17, 15) is 20.4 Å². The topological polar surface area (TPSA) is 121 Å². The lowest BCUT2D eigenvalue weighted by Crippen LogP contribution is -2.56. The molecule has 23 heavy (non-hydrogen) atoms. The van der Waals surface area contributed by atoms with Crippen molar-refractivity contribution in [2.24, 2.45) is 5.92 Å². The van der Waals surface area contributed by atoms with Gasteiger partial charge in [0.2, 0.25) is 0 Å². The van der Waals surface area contributed by atoms with Gasteiger partial charge in [0.25, 0.3) is 0 Å². The molecule has 1 aromatic rings. The van der Waals surface area contributed by atoms with Gasteiger partial charge in [-0.05, 0) is 12.3 Å². The number of rotatable bonds is 4. The Labute approximate surface area is 134 Å². The predicted molar refractivity (Wildman–Crippen MR) is 79.3 cm³/mol. The zero-order chi connectivity index (χ0) is 16.4. The van der Waals surface area contributed by atoms with Crippen molar-refractivity contribution in [1.29, 1.82) is 0 Å². The van der Waals surface area contributed by atoms with Crippen LogP contribution >= 0.6 is 0 Å². The summed E-state index contributed by atoms with van der Waals surface area (Å²) in [5.41, 5.74) is 0.828. The number of nitrogens with zero attached hydrogens (tertiary/aromatic N) is 3. The van der Waals surface area contributed by atoms with Crippen LogP contribution in [0.3, 0.4) is 0 Å². The Morgan fingerprint density at radius 2 is 1.83 bits per heavy atom. The predicted octanol–water partition coefficient (Wildman–Crippen LogP) is -0.627. The third kappa shape index (κ3) is 3.56. The lowest BCUT2D eigenvalue weighted by atomic mass is 9.86. The Balaban J connectivity index is 1.68. The van der Waals surface area contributed by atoms with Gasteiger partial charge >= 0.3 is 0 Å². The maximum Gasteiger partial charge on any atom is 0.180 e. The van der Waals surface area contributed by atoms with Crippen molar-refractivity contribution >= 4 is 0 Å². The molecular formula is C15H25N3O5. The molecule has 1 aromatic heterocycles. The fraction of sp³-hybridized carbons (Fsp3) is 0.867. The lowest BCUT2D eigenvalue weighted by molar-refractivity contribution is -0.254. The molecule has 1 saturated heterocycles. The van der Waals surface area contributed by atoms with Crippen molar-refractivity contribution < 1.29 is 25.2 Å². The van der Waals surface area contributed by atoms with E-state index in [0.29, 0.717) is 5.92 Å². The summed E-state index contributed by atoms with van der Waals surface area (Å²) in [6.45, 7) is -0.453. The zero-order valence-electron chi connectivity index (χ0n) is 13.0. The molecule has 0 spiro atoms. The van der Waals surface area contributed by atoms with Crippen LogP contribution in [0.5, 0.6) is 0 Å². The molecule has 0 bridgehead atoms. The number of ether oxygens (including phenoxy) is 1. The highest BCUT2D eigenvalue weighted by Crippen LogP contribution is 2.29. The summed E-state index contributed by atoms with van der Waals surface area (Å²) in [6.07, 6.45) is 2.75. The van der Waals surface area contributed by atoms with Gasteiger partial charge in [0.1, 0.15) is 24.4 Å². The van der Waals surface area contributed by atoms with E-state index in [4.69, 9.17) is 4.74 Å². The molecule has 0 radical (unpaired) electrons. The standard InChI is InChI=1S/C15H25N3O5/c19-8-11-12(20)13(21)14(22)15(23-11)18-7-10(16-17-18)6-9-4-2-1-3-5-9/h7,9,11-15,19-22H,1-6,8H2/t11-,12-,13+,14-,15?/m1/s1. The average molecular weight is 327 g/mol. The van der Waals surface area contributed by atoms with Gasteiger partial charge in [-0.25, -0.2) is 4.68 Å². The van der Waals surface area contributed by atoms with Crippen molar-refractivity contribution in [2.75, 3.05) is 6.61 Å². The van der Waals surface area contributed by atoms with Gasteiger partial charge in [-0.3, -0.25) is 0 Å². The second-order valence-corrected chi connectivity index (χ2v) is 6.62. The smallest absolute Gasteiger partial charge is 0.180 e. The molecule has 1 unspecified atom stereocenters. The number of aliphatic hydroxyl groups is 4. The second kappa shape index (κ2) is 7.23. The molecule has 1 aliphatic heterocycles. The van der Waals surface area contributed by atoms with Crippen LogP contribution in [-0.2, 0) is 11.2 Å². The molecule has 0 aromatic carbocycles. The second-order valence-electron chi connectivity index (χ2n) is 6.62. The first-order valence-corrected chi connectivity index (χ1v) is 8.31. The highest BCUT2D eigenvalue weighted by Gasteiger charge is 2.44. The minimum absolute atomic E-state index is 0.453. The third-order valence-corrected chi connectivity index (χ3v) is 4.91. The van der Waals surface area contributed by atoms with Gasteiger partial charge in [-0.1, -0.05) is 37.3 Å². The summed E-state index contributed by atoms with van der Waals surface area (Å²) >= 11 is 0. The van der Waals surface area contributed by atoms with Crippen molar-refractivity contribution in [2.45, 2.75) is 69.2 Å². The van der Waals surface area contributed by atoms with Crippen molar-refractivity contribution in [3.05, 3.63) is 11.9 Å². The van der Waals surface area contributed by atoms with E-state index in [-0.39, 0.29) is 0 Å². The van der Waals surface area contributed by atoms with Gasteiger partial charge in [0.15, 0.2) is 6.23 Å². The van der Waals surface area contributed by atoms with Crippen LogP contribution in [0.25, 0.3) is 0 Å². The van der Waals surface area contributed by atoms with Crippen molar-refractivity contribution in [3.8, 4) is 0 Å². The van der Waals surface area contributed by atoms with Crippen LogP contribution in [0, 0.1) is 5.92 Å². The zero-order valence-corrected chi connectivity index (χ0v) is 13.0. The fourth-order valence-electron chi connectivity index (χ4n) is 3.52. The summed E-state index contributed by atoms with van der Waals surface area (Å²) in [4.78, 5) is 0. The first kappa shape index (κ1) is 16.8. The quantitative estimate of drug-likeness (QED) is 0.581.